The number of hydrogen-bond acceptors (Lipinski definition) is 3. The van der Waals surface area contributed by atoms with E-state index in [1.165, 1.54) is 0 Å². The molecule has 76 valence electrons. The molecule has 1 rings (SSSR count). The molecule has 1 aliphatic heterocycles. The lowest BCUT2D eigenvalue weighted by atomic mass is 9.99. The van der Waals surface area contributed by atoms with E-state index in [0.29, 0.717) is 0 Å². The molecule has 0 radical (unpaired) electrons. The van der Waals surface area contributed by atoms with Crippen LogP contribution in [0.25, 0.3) is 0 Å². The predicted molar refractivity (Wildman–Crippen MR) is 51.5 cm³/mol. The molecule has 5 unspecified atom stereocenters. The molecule has 1 heterocycles. The number of nitrogens with two attached hydrogens (primary N) is 1. The normalized spacial score (nSPS) is 46.0. The van der Waals surface area contributed by atoms with Crippen molar-refractivity contribution in [2.45, 2.75) is 28.3 Å². The van der Waals surface area contributed by atoms with Gasteiger partial charge in [0.1, 0.15) is 11.5 Å². The first kappa shape index (κ1) is 11.3. The highest BCUT2D eigenvalue weighted by atomic mass is 35.5. The third kappa shape index (κ3) is 2.19. The Kier molecular flexibility index (Phi) is 3.65. The van der Waals surface area contributed by atoms with Gasteiger partial charge in [0.05, 0.1) is 10.8 Å². The first-order chi connectivity index (χ1) is 5.95. The van der Waals surface area contributed by atoms with Crippen LogP contribution in [0.5, 0.6) is 0 Å². The van der Waals surface area contributed by atoms with Crippen LogP contribution in [-0.2, 0) is 4.79 Å². The highest BCUT2D eigenvalue weighted by Crippen LogP contribution is 2.24. The SMILES string of the molecule is NC1C(Cl)C(Cl)NC(C(=O)O)C1Cl. The van der Waals surface area contributed by atoms with Gasteiger partial charge in [0.25, 0.3) is 0 Å². The fraction of sp³-hybridized carbons (Fsp3) is 0.833. The molecule has 0 saturated carbocycles. The molecular formula is C6H9Cl3N2O2. The van der Waals surface area contributed by atoms with Crippen LogP contribution in [0.2, 0.25) is 0 Å². The summed E-state index contributed by atoms with van der Waals surface area (Å²) >= 11 is 17.3. The third-order valence-corrected chi connectivity index (χ3v) is 3.55. The lowest BCUT2D eigenvalue weighted by Gasteiger charge is -2.37. The number of carboxylic acids is 1. The van der Waals surface area contributed by atoms with Gasteiger partial charge in [0.15, 0.2) is 0 Å². The van der Waals surface area contributed by atoms with Gasteiger partial charge in [0.2, 0.25) is 0 Å². The maximum Gasteiger partial charge on any atom is 0.322 e. The summed E-state index contributed by atoms with van der Waals surface area (Å²) in [6, 6.07) is -1.58. The van der Waals surface area contributed by atoms with Crippen LogP contribution < -0.4 is 11.1 Å². The largest absolute Gasteiger partial charge is 0.480 e. The van der Waals surface area contributed by atoms with Gasteiger partial charge in [-0.05, 0) is 0 Å². The predicted octanol–water partition coefficient (Wildman–Crippen LogP) is 0.150. The number of halogens is 3. The molecule has 0 aliphatic carbocycles. The van der Waals surface area contributed by atoms with Crippen molar-refractivity contribution in [2.24, 2.45) is 5.73 Å². The van der Waals surface area contributed by atoms with Gasteiger partial charge in [-0.2, -0.15) is 0 Å². The zero-order valence-electron chi connectivity index (χ0n) is 6.45. The molecule has 1 aliphatic rings. The quantitative estimate of drug-likeness (QED) is 0.455. The summed E-state index contributed by atoms with van der Waals surface area (Å²) < 4.78 is 0. The lowest BCUT2D eigenvalue weighted by Crippen LogP contribution is -2.64. The minimum Gasteiger partial charge on any atom is -0.480 e. The molecule has 0 aromatic rings. The van der Waals surface area contributed by atoms with Crippen LogP contribution in [0.15, 0.2) is 0 Å². The Hall–Kier alpha value is 0.260. The second-order valence-electron chi connectivity index (χ2n) is 2.85. The maximum absolute atomic E-state index is 10.7. The van der Waals surface area contributed by atoms with Gasteiger partial charge >= 0.3 is 5.97 Å². The molecule has 1 fully saturated rings. The summed E-state index contributed by atoms with van der Waals surface area (Å²) in [6.45, 7) is 0. The fourth-order valence-corrected chi connectivity index (χ4v) is 2.10. The average molecular weight is 248 g/mol. The van der Waals surface area contributed by atoms with E-state index in [1.807, 2.05) is 0 Å². The van der Waals surface area contributed by atoms with Crippen molar-refractivity contribution in [3.8, 4) is 0 Å². The van der Waals surface area contributed by atoms with Crippen molar-refractivity contribution >= 4 is 40.8 Å². The van der Waals surface area contributed by atoms with Crippen LogP contribution in [0.3, 0.4) is 0 Å². The number of aliphatic carboxylic acids is 1. The zero-order chi connectivity index (χ0) is 10.2. The van der Waals surface area contributed by atoms with Crippen LogP contribution in [0.4, 0.5) is 0 Å². The maximum atomic E-state index is 10.7. The van der Waals surface area contributed by atoms with E-state index >= 15 is 0 Å². The lowest BCUT2D eigenvalue weighted by molar-refractivity contribution is -0.140. The molecule has 4 N–H and O–H groups in total. The summed E-state index contributed by atoms with van der Waals surface area (Å²) in [5.74, 6) is -1.08. The smallest absolute Gasteiger partial charge is 0.322 e. The van der Waals surface area contributed by atoms with Crippen molar-refractivity contribution in [3.05, 3.63) is 0 Å². The number of alkyl halides is 3. The van der Waals surface area contributed by atoms with E-state index in [0.717, 1.165) is 0 Å². The number of nitrogens with one attached hydrogen (secondary N) is 1. The first-order valence-corrected chi connectivity index (χ1v) is 4.92. The van der Waals surface area contributed by atoms with Crippen molar-refractivity contribution in [2.75, 3.05) is 0 Å². The van der Waals surface area contributed by atoms with E-state index in [4.69, 9.17) is 45.6 Å². The molecule has 0 aromatic heterocycles. The molecule has 0 amide bonds. The monoisotopic (exact) mass is 246 g/mol. The Bertz CT molecular complexity index is 216. The van der Waals surface area contributed by atoms with Gasteiger partial charge in [-0.15, -0.1) is 34.8 Å². The number of hydrogen-bond donors (Lipinski definition) is 3. The van der Waals surface area contributed by atoms with Gasteiger partial charge in [-0.3, -0.25) is 10.1 Å². The highest BCUT2D eigenvalue weighted by Gasteiger charge is 2.43. The summed E-state index contributed by atoms with van der Waals surface area (Å²) in [4.78, 5) is 10.7. The van der Waals surface area contributed by atoms with Crippen molar-refractivity contribution < 1.29 is 9.90 Å². The highest BCUT2D eigenvalue weighted by molar-refractivity contribution is 6.32. The van der Waals surface area contributed by atoms with Gasteiger partial charge in [0, 0.05) is 6.04 Å². The number of piperidine rings is 1. The topological polar surface area (TPSA) is 75.3 Å². The number of carbonyl (C=O) groups is 1. The molecule has 4 nitrogen and oxygen atoms in total. The van der Waals surface area contributed by atoms with E-state index < -0.39 is 34.3 Å². The second-order valence-corrected chi connectivity index (χ2v) is 4.33. The Morgan fingerprint density at radius 1 is 1.31 bits per heavy atom. The minimum absolute atomic E-state index is 0.570. The standard InChI is InChI=1S/C6H9Cl3N2O2/c7-1-3(10)2(8)5(9)11-4(1)6(12)13/h1-5,11H,10H2,(H,12,13). The summed E-state index contributed by atoms with van der Waals surface area (Å²) in [5.41, 5.74) is 4.92. The Labute approximate surface area is 90.3 Å². The molecule has 5 atom stereocenters. The van der Waals surface area contributed by atoms with E-state index in [9.17, 15) is 4.79 Å². The Morgan fingerprint density at radius 2 is 1.85 bits per heavy atom. The molecule has 0 spiro atoms. The summed E-state index contributed by atoms with van der Waals surface area (Å²) in [7, 11) is 0. The van der Waals surface area contributed by atoms with Gasteiger partial charge < -0.3 is 10.8 Å². The molecule has 7 heteroatoms. The van der Waals surface area contributed by atoms with Crippen LogP contribution in [0.1, 0.15) is 0 Å². The number of rotatable bonds is 1. The first-order valence-electron chi connectivity index (χ1n) is 3.62. The van der Waals surface area contributed by atoms with Crippen molar-refractivity contribution in [3.63, 3.8) is 0 Å². The molecule has 0 aromatic carbocycles. The fourth-order valence-electron chi connectivity index (χ4n) is 1.16. The summed E-state index contributed by atoms with van der Waals surface area (Å²) in [6.07, 6.45) is 0. The van der Waals surface area contributed by atoms with E-state index in [2.05, 4.69) is 5.32 Å². The number of carboxylic acid groups (broad SMARTS) is 1. The van der Waals surface area contributed by atoms with Crippen LogP contribution in [0, 0.1) is 0 Å². The molecule has 13 heavy (non-hydrogen) atoms. The zero-order valence-corrected chi connectivity index (χ0v) is 8.72. The van der Waals surface area contributed by atoms with Gasteiger partial charge in [-0.25, -0.2) is 0 Å². The van der Waals surface area contributed by atoms with Crippen LogP contribution in [-0.4, -0.2) is 39.4 Å². The average Bonchev–Trinajstić information content (AvgIpc) is 2.07. The van der Waals surface area contributed by atoms with Crippen molar-refractivity contribution in [1.29, 1.82) is 0 Å². The van der Waals surface area contributed by atoms with E-state index in [1.54, 1.807) is 0 Å². The second kappa shape index (κ2) is 4.19. The molecular weight excluding hydrogens is 238 g/mol. The van der Waals surface area contributed by atoms with E-state index in [-0.39, 0.29) is 0 Å². The van der Waals surface area contributed by atoms with Crippen LogP contribution >= 0.6 is 34.8 Å². The van der Waals surface area contributed by atoms with Gasteiger partial charge in [-0.1, -0.05) is 0 Å². The Morgan fingerprint density at radius 3 is 2.31 bits per heavy atom. The third-order valence-electron chi connectivity index (χ3n) is 1.94. The minimum atomic E-state index is -1.08. The Balaban J connectivity index is 2.76. The molecule has 0 bridgehead atoms. The molecule has 1 saturated heterocycles. The van der Waals surface area contributed by atoms with Crippen molar-refractivity contribution in [1.82, 2.24) is 5.32 Å². The summed E-state index contributed by atoms with van der Waals surface area (Å²) in [5, 5.41) is 9.97.